The quantitative estimate of drug-likeness (QED) is 0.500. The Balaban J connectivity index is 2.02. The second kappa shape index (κ2) is 2.98. The average molecular weight is 230 g/mol. The van der Waals surface area contributed by atoms with Crippen LogP contribution >= 0.6 is 0 Å². The normalized spacial score (nSPS) is 38.8. The summed E-state index contributed by atoms with van der Waals surface area (Å²) in [5, 5.41) is 9.09. The van der Waals surface area contributed by atoms with Crippen LogP contribution in [0, 0.1) is 35.0 Å². The van der Waals surface area contributed by atoms with E-state index in [1.54, 1.807) is 13.8 Å². The number of rotatable bonds is 1. The van der Waals surface area contributed by atoms with Crippen molar-refractivity contribution >= 4 is 11.8 Å². The monoisotopic (exact) mass is 230 g/mol. The number of hydrogen-bond donors (Lipinski definition) is 0. The van der Waals surface area contributed by atoms with Crippen molar-refractivity contribution in [2.45, 2.75) is 25.8 Å². The summed E-state index contributed by atoms with van der Waals surface area (Å²) in [5.74, 6) is -0.288. The van der Waals surface area contributed by atoms with Crippen LogP contribution in [-0.2, 0) is 9.59 Å². The smallest absolute Gasteiger partial charge is 0.235 e. The highest BCUT2D eigenvalue weighted by Crippen LogP contribution is 2.53. The average Bonchev–Trinajstić information content (AvgIpc) is 2.92. The van der Waals surface area contributed by atoms with Crippen molar-refractivity contribution in [3.8, 4) is 6.07 Å². The first-order valence-corrected chi connectivity index (χ1v) is 5.95. The highest BCUT2D eigenvalue weighted by atomic mass is 16.2. The summed E-state index contributed by atoms with van der Waals surface area (Å²) in [5.41, 5.74) is -1.03. The fourth-order valence-electron chi connectivity index (χ4n) is 3.50. The van der Waals surface area contributed by atoms with Crippen LogP contribution in [0.4, 0.5) is 0 Å². The maximum atomic E-state index is 12.3. The van der Waals surface area contributed by atoms with Gasteiger partial charge in [0.05, 0.1) is 17.9 Å². The molecule has 2 bridgehead atoms. The number of fused-ring (bicyclic) bond motifs is 5. The zero-order valence-corrected chi connectivity index (χ0v) is 9.88. The number of imide groups is 1. The Morgan fingerprint density at radius 3 is 2.12 bits per heavy atom. The van der Waals surface area contributed by atoms with E-state index < -0.39 is 5.54 Å². The second-order valence-electron chi connectivity index (χ2n) is 5.68. The lowest BCUT2D eigenvalue weighted by Crippen LogP contribution is -2.48. The zero-order valence-electron chi connectivity index (χ0n) is 9.88. The van der Waals surface area contributed by atoms with Crippen LogP contribution in [0.25, 0.3) is 0 Å². The van der Waals surface area contributed by atoms with Gasteiger partial charge in [-0.2, -0.15) is 5.26 Å². The van der Waals surface area contributed by atoms with Gasteiger partial charge in [0.2, 0.25) is 11.8 Å². The zero-order chi connectivity index (χ0) is 12.4. The molecule has 2 fully saturated rings. The number of carbonyl (C=O) groups excluding carboxylic acids is 2. The van der Waals surface area contributed by atoms with Crippen LogP contribution in [0.1, 0.15) is 20.3 Å². The molecule has 2 aliphatic carbocycles. The number of nitrogens with zero attached hydrogens (tertiary/aromatic N) is 2. The first-order valence-electron chi connectivity index (χ1n) is 5.95. The predicted molar refractivity (Wildman–Crippen MR) is 59.3 cm³/mol. The van der Waals surface area contributed by atoms with Crippen molar-refractivity contribution in [3.63, 3.8) is 0 Å². The molecule has 0 radical (unpaired) electrons. The summed E-state index contributed by atoms with van der Waals surface area (Å²) in [6.07, 6.45) is 5.04. The van der Waals surface area contributed by atoms with Crippen LogP contribution in [0.5, 0.6) is 0 Å². The van der Waals surface area contributed by atoms with Gasteiger partial charge in [0.15, 0.2) is 0 Å². The Morgan fingerprint density at radius 2 is 1.71 bits per heavy atom. The summed E-state index contributed by atoms with van der Waals surface area (Å²) < 4.78 is 0. The molecule has 3 aliphatic rings. The molecule has 17 heavy (non-hydrogen) atoms. The van der Waals surface area contributed by atoms with Crippen LogP contribution in [-0.4, -0.2) is 22.3 Å². The standard InChI is InChI=1S/C13H14N2O2/c1-13(2,6-14)15-11(16)9-7-3-4-8(5-7)10(9)12(15)17/h3-4,7-10H,5H2,1-2H3. The van der Waals surface area contributed by atoms with Gasteiger partial charge >= 0.3 is 0 Å². The van der Waals surface area contributed by atoms with Crippen molar-refractivity contribution in [2.24, 2.45) is 23.7 Å². The highest BCUT2D eigenvalue weighted by Gasteiger charge is 2.61. The van der Waals surface area contributed by atoms with Gasteiger partial charge in [-0.05, 0) is 32.1 Å². The molecule has 1 saturated carbocycles. The Hall–Kier alpha value is -1.63. The number of likely N-dealkylation sites (tertiary alicyclic amines) is 1. The molecule has 1 aliphatic heterocycles. The summed E-state index contributed by atoms with van der Waals surface area (Å²) in [7, 11) is 0. The van der Waals surface area contributed by atoms with E-state index in [9.17, 15) is 9.59 Å². The van der Waals surface area contributed by atoms with E-state index in [1.807, 2.05) is 6.07 Å². The van der Waals surface area contributed by atoms with E-state index in [0.29, 0.717) is 0 Å². The predicted octanol–water partition coefficient (Wildman–Crippen LogP) is 1.10. The Bertz CT molecular complexity index is 456. The molecule has 4 nitrogen and oxygen atoms in total. The minimum atomic E-state index is -1.03. The molecule has 1 saturated heterocycles. The maximum absolute atomic E-state index is 12.3. The summed E-state index contributed by atoms with van der Waals surface area (Å²) in [6.45, 7) is 3.25. The molecule has 0 aromatic carbocycles. The topological polar surface area (TPSA) is 61.2 Å². The van der Waals surface area contributed by atoms with Crippen molar-refractivity contribution in [2.75, 3.05) is 0 Å². The minimum absolute atomic E-state index is 0.150. The molecule has 1 heterocycles. The van der Waals surface area contributed by atoms with E-state index in [1.165, 1.54) is 4.90 Å². The molecule has 4 atom stereocenters. The Labute approximate surface area is 99.9 Å². The third kappa shape index (κ3) is 1.12. The van der Waals surface area contributed by atoms with Crippen molar-refractivity contribution < 1.29 is 9.59 Å². The molecular formula is C13H14N2O2. The number of carbonyl (C=O) groups is 2. The van der Waals surface area contributed by atoms with Crippen LogP contribution in [0.15, 0.2) is 12.2 Å². The lowest BCUT2D eigenvalue weighted by molar-refractivity contribution is -0.144. The van der Waals surface area contributed by atoms with Crippen LogP contribution in [0.2, 0.25) is 0 Å². The first kappa shape index (κ1) is 10.5. The van der Waals surface area contributed by atoms with Crippen molar-refractivity contribution in [1.82, 2.24) is 4.90 Å². The van der Waals surface area contributed by atoms with Crippen molar-refractivity contribution in [3.05, 3.63) is 12.2 Å². The third-order valence-corrected chi connectivity index (χ3v) is 4.30. The summed E-state index contributed by atoms with van der Waals surface area (Å²) in [6, 6.07) is 2.05. The van der Waals surface area contributed by atoms with Gasteiger partial charge in [-0.1, -0.05) is 12.2 Å². The number of allylic oxidation sites excluding steroid dienone is 2. The molecule has 3 rings (SSSR count). The second-order valence-corrected chi connectivity index (χ2v) is 5.68. The molecule has 0 aromatic heterocycles. The fraction of sp³-hybridized carbons (Fsp3) is 0.615. The van der Waals surface area contributed by atoms with E-state index in [0.717, 1.165) is 6.42 Å². The number of amides is 2. The highest BCUT2D eigenvalue weighted by molar-refractivity contribution is 6.07. The fourth-order valence-corrected chi connectivity index (χ4v) is 3.50. The van der Waals surface area contributed by atoms with E-state index in [2.05, 4.69) is 12.2 Å². The minimum Gasteiger partial charge on any atom is -0.274 e. The van der Waals surface area contributed by atoms with Gasteiger partial charge < -0.3 is 0 Å². The molecule has 0 aromatic rings. The van der Waals surface area contributed by atoms with Crippen LogP contribution < -0.4 is 0 Å². The van der Waals surface area contributed by atoms with Gasteiger partial charge in [0.1, 0.15) is 5.54 Å². The van der Waals surface area contributed by atoms with Crippen LogP contribution in [0.3, 0.4) is 0 Å². The molecule has 0 N–H and O–H groups in total. The van der Waals surface area contributed by atoms with E-state index in [4.69, 9.17) is 5.26 Å². The molecule has 88 valence electrons. The van der Waals surface area contributed by atoms with Gasteiger partial charge in [0, 0.05) is 0 Å². The molecule has 4 heteroatoms. The molecule has 0 spiro atoms. The lowest BCUT2D eigenvalue weighted by atomic mass is 9.85. The SMILES string of the molecule is CC(C)(C#N)N1C(=O)C2C3C=CC(C3)C2C1=O. The van der Waals surface area contributed by atoms with E-state index in [-0.39, 0.29) is 35.5 Å². The lowest BCUT2D eigenvalue weighted by Gasteiger charge is -2.28. The van der Waals surface area contributed by atoms with Gasteiger partial charge in [-0.3, -0.25) is 14.5 Å². The molecular weight excluding hydrogens is 216 g/mol. The Morgan fingerprint density at radius 1 is 1.24 bits per heavy atom. The Kier molecular flexibility index (Phi) is 1.84. The van der Waals surface area contributed by atoms with Gasteiger partial charge in [-0.25, -0.2) is 0 Å². The van der Waals surface area contributed by atoms with Crippen molar-refractivity contribution in [1.29, 1.82) is 5.26 Å². The first-order chi connectivity index (χ1) is 7.97. The molecule has 2 amide bonds. The summed E-state index contributed by atoms with van der Waals surface area (Å²) >= 11 is 0. The maximum Gasteiger partial charge on any atom is 0.235 e. The van der Waals surface area contributed by atoms with E-state index >= 15 is 0 Å². The van der Waals surface area contributed by atoms with Gasteiger partial charge in [0.25, 0.3) is 0 Å². The summed E-state index contributed by atoms with van der Waals surface area (Å²) in [4.78, 5) is 25.8. The number of nitriles is 1. The number of hydrogen-bond acceptors (Lipinski definition) is 3. The largest absolute Gasteiger partial charge is 0.274 e. The molecule has 4 unspecified atom stereocenters. The third-order valence-electron chi connectivity index (χ3n) is 4.30. The van der Waals surface area contributed by atoms with Gasteiger partial charge in [-0.15, -0.1) is 0 Å².